The van der Waals surface area contributed by atoms with Crippen LogP contribution in [-0.2, 0) is 4.74 Å². The summed E-state index contributed by atoms with van der Waals surface area (Å²) in [6, 6.07) is 5.51. The summed E-state index contributed by atoms with van der Waals surface area (Å²) < 4.78 is 10.8. The van der Waals surface area contributed by atoms with Gasteiger partial charge in [-0.1, -0.05) is 15.9 Å². The average Bonchev–Trinajstić information content (AvgIpc) is 2.36. The maximum Gasteiger partial charge on any atom is 0.342 e. The molecule has 0 saturated heterocycles. The van der Waals surface area contributed by atoms with Crippen LogP contribution in [0, 0.1) is 0 Å². The highest BCUT2D eigenvalue weighted by Crippen LogP contribution is 2.28. The quantitative estimate of drug-likeness (QED) is 0.800. The zero-order valence-electron chi connectivity index (χ0n) is 9.36. The molecule has 4 nitrogen and oxygen atoms in total. The summed E-state index contributed by atoms with van der Waals surface area (Å²) >= 11 is 3.36. The van der Waals surface area contributed by atoms with Crippen molar-refractivity contribution in [2.75, 3.05) is 14.2 Å². The Balaban J connectivity index is 2.81. The van der Waals surface area contributed by atoms with Gasteiger partial charge in [0, 0.05) is 9.86 Å². The van der Waals surface area contributed by atoms with Crippen LogP contribution in [0.3, 0.4) is 0 Å². The second-order valence-electron chi connectivity index (χ2n) is 3.35. The van der Waals surface area contributed by atoms with Crippen LogP contribution in [0.1, 0.15) is 10.4 Å². The van der Waals surface area contributed by atoms with Crippen molar-refractivity contribution in [2.24, 2.45) is 0 Å². The lowest BCUT2D eigenvalue weighted by atomic mass is 10.1. The van der Waals surface area contributed by atoms with Gasteiger partial charge in [0.2, 0.25) is 0 Å². The molecule has 0 aliphatic heterocycles. The van der Waals surface area contributed by atoms with Gasteiger partial charge in [-0.3, -0.25) is 4.98 Å². The molecule has 5 heteroatoms. The number of carbonyl (C=O) groups excluding carboxylic acids is 1. The van der Waals surface area contributed by atoms with E-state index in [1.807, 2.05) is 18.2 Å². The number of esters is 1. The Kier molecular flexibility index (Phi) is 3.28. The molecule has 0 aliphatic carbocycles. The van der Waals surface area contributed by atoms with Crippen molar-refractivity contribution in [3.63, 3.8) is 0 Å². The summed E-state index contributed by atoms with van der Waals surface area (Å²) in [4.78, 5) is 16.0. The lowest BCUT2D eigenvalue weighted by Gasteiger charge is -2.09. The Morgan fingerprint density at radius 1 is 1.35 bits per heavy atom. The number of benzene rings is 1. The number of methoxy groups -OCH3 is 2. The number of rotatable bonds is 2. The van der Waals surface area contributed by atoms with Gasteiger partial charge in [-0.15, -0.1) is 0 Å². The lowest BCUT2D eigenvalue weighted by Crippen LogP contribution is -2.05. The molecule has 2 aromatic rings. The van der Waals surface area contributed by atoms with Crippen molar-refractivity contribution in [1.29, 1.82) is 0 Å². The maximum absolute atomic E-state index is 11.8. The average molecular weight is 296 g/mol. The molecule has 0 saturated carbocycles. The van der Waals surface area contributed by atoms with Gasteiger partial charge in [0.1, 0.15) is 5.56 Å². The largest absolute Gasteiger partial charge is 0.494 e. The summed E-state index contributed by atoms with van der Waals surface area (Å²) in [7, 11) is 2.83. The Labute approximate surface area is 107 Å². The molecule has 0 radical (unpaired) electrons. The fourth-order valence-corrected chi connectivity index (χ4v) is 1.97. The second kappa shape index (κ2) is 4.71. The fraction of sp³-hybridized carbons (Fsp3) is 0.167. The molecular formula is C12H10BrNO3. The first-order valence-electron chi connectivity index (χ1n) is 4.88. The zero-order chi connectivity index (χ0) is 12.4. The van der Waals surface area contributed by atoms with Gasteiger partial charge in [-0.05, 0) is 18.2 Å². The van der Waals surface area contributed by atoms with Crippen molar-refractivity contribution in [2.45, 2.75) is 0 Å². The van der Waals surface area contributed by atoms with Gasteiger partial charge in [0.05, 0.1) is 25.9 Å². The van der Waals surface area contributed by atoms with E-state index in [0.29, 0.717) is 16.7 Å². The highest BCUT2D eigenvalue weighted by atomic mass is 79.9. The Bertz CT molecular complexity index is 583. The zero-order valence-corrected chi connectivity index (χ0v) is 10.9. The summed E-state index contributed by atoms with van der Waals surface area (Å²) in [5.41, 5.74) is 1.11. The molecule has 17 heavy (non-hydrogen) atoms. The van der Waals surface area contributed by atoms with Gasteiger partial charge < -0.3 is 9.47 Å². The van der Waals surface area contributed by atoms with E-state index < -0.39 is 5.97 Å². The highest BCUT2D eigenvalue weighted by molar-refractivity contribution is 9.10. The summed E-state index contributed by atoms with van der Waals surface area (Å²) in [5, 5.41) is 0.700. The molecule has 0 bridgehead atoms. The van der Waals surface area contributed by atoms with Gasteiger partial charge in [0.15, 0.2) is 5.75 Å². The van der Waals surface area contributed by atoms with Crippen LogP contribution in [0.15, 0.2) is 28.9 Å². The van der Waals surface area contributed by atoms with E-state index in [1.54, 1.807) is 0 Å². The third-order valence-electron chi connectivity index (χ3n) is 2.40. The number of fused-ring (bicyclic) bond motifs is 1. The molecule has 0 N–H and O–H groups in total. The molecule has 0 amide bonds. The molecule has 1 heterocycles. The molecule has 0 aliphatic rings. The SMILES string of the molecule is COC(=O)c1c(OC)cnc2ccc(Br)cc12. The van der Waals surface area contributed by atoms with E-state index in [-0.39, 0.29) is 0 Å². The molecule has 0 unspecified atom stereocenters. The predicted molar refractivity (Wildman–Crippen MR) is 67.3 cm³/mol. The molecule has 0 atom stereocenters. The van der Waals surface area contributed by atoms with Crippen LogP contribution in [0.25, 0.3) is 10.9 Å². The molecule has 1 aromatic carbocycles. The second-order valence-corrected chi connectivity index (χ2v) is 4.27. The minimum atomic E-state index is -0.438. The number of carbonyl (C=O) groups is 1. The smallest absolute Gasteiger partial charge is 0.342 e. The molecule has 0 fully saturated rings. The number of ether oxygens (including phenoxy) is 2. The van der Waals surface area contributed by atoms with Gasteiger partial charge >= 0.3 is 5.97 Å². The van der Waals surface area contributed by atoms with Crippen molar-refractivity contribution in [3.05, 3.63) is 34.4 Å². The van der Waals surface area contributed by atoms with Gasteiger partial charge in [0.25, 0.3) is 0 Å². The number of hydrogen-bond donors (Lipinski definition) is 0. The molecule has 1 aromatic heterocycles. The summed E-state index contributed by atoms with van der Waals surface area (Å²) in [5.74, 6) is -0.0326. The van der Waals surface area contributed by atoms with Gasteiger partial charge in [-0.25, -0.2) is 4.79 Å². The normalized spacial score (nSPS) is 10.3. The van der Waals surface area contributed by atoms with Crippen LogP contribution in [0.4, 0.5) is 0 Å². The van der Waals surface area contributed by atoms with Crippen molar-refractivity contribution >= 4 is 32.8 Å². The predicted octanol–water partition coefficient (Wildman–Crippen LogP) is 2.79. The van der Waals surface area contributed by atoms with Crippen molar-refractivity contribution < 1.29 is 14.3 Å². The van der Waals surface area contributed by atoms with Crippen molar-refractivity contribution in [3.8, 4) is 5.75 Å². The first-order chi connectivity index (χ1) is 8.17. The standard InChI is InChI=1S/C12H10BrNO3/c1-16-10-6-14-9-4-3-7(13)5-8(9)11(10)12(15)17-2/h3-6H,1-2H3. The third-order valence-corrected chi connectivity index (χ3v) is 2.90. The van der Waals surface area contributed by atoms with E-state index >= 15 is 0 Å². The summed E-state index contributed by atoms with van der Waals surface area (Å²) in [6.45, 7) is 0. The maximum atomic E-state index is 11.8. The van der Waals surface area contributed by atoms with E-state index in [4.69, 9.17) is 9.47 Å². The lowest BCUT2D eigenvalue weighted by molar-refractivity contribution is 0.0599. The first-order valence-corrected chi connectivity index (χ1v) is 5.67. The summed E-state index contributed by atoms with van der Waals surface area (Å²) in [6.07, 6.45) is 1.52. The van der Waals surface area contributed by atoms with Crippen molar-refractivity contribution in [1.82, 2.24) is 4.98 Å². The number of hydrogen-bond acceptors (Lipinski definition) is 4. The Morgan fingerprint density at radius 3 is 2.76 bits per heavy atom. The number of aromatic nitrogens is 1. The Morgan fingerprint density at radius 2 is 2.12 bits per heavy atom. The third kappa shape index (κ3) is 2.10. The van der Waals surface area contributed by atoms with E-state index in [0.717, 1.165) is 9.99 Å². The van der Waals surface area contributed by atoms with E-state index in [1.165, 1.54) is 20.4 Å². The number of nitrogens with zero attached hydrogens (tertiary/aromatic N) is 1. The molecular weight excluding hydrogens is 286 g/mol. The molecule has 88 valence electrons. The molecule has 2 rings (SSSR count). The van der Waals surface area contributed by atoms with Crippen LogP contribution in [0.2, 0.25) is 0 Å². The van der Waals surface area contributed by atoms with Crippen LogP contribution >= 0.6 is 15.9 Å². The van der Waals surface area contributed by atoms with E-state index in [9.17, 15) is 4.79 Å². The highest BCUT2D eigenvalue weighted by Gasteiger charge is 2.17. The minimum absolute atomic E-state index is 0.390. The topological polar surface area (TPSA) is 48.4 Å². The first kappa shape index (κ1) is 11.9. The minimum Gasteiger partial charge on any atom is -0.494 e. The van der Waals surface area contributed by atoms with Crippen LogP contribution in [0.5, 0.6) is 5.75 Å². The molecule has 0 spiro atoms. The number of halogens is 1. The number of pyridine rings is 1. The monoisotopic (exact) mass is 295 g/mol. The fourth-order valence-electron chi connectivity index (χ4n) is 1.61. The van der Waals surface area contributed by atoms with Gasteiger partial charge in [-0.2, -0.15) is 0 Å². The van der Waals surface area contributed by atoms with Crippen LogP contribution < -0.4 is 4.74 Å². The van der Waals surface area contributed by atoms with E-state index in [2.05, 4.69) is 20.9 Å². The Hall–Kier alpha value is -1.62. The van der Waals surface area contributed by atoms with Crippen LogP contribution in [-0.4, -0.2) is 25.2 Å².